The zero-order valence-electron chi connectivity index (χ0n) is 13.6. The fourth-order valence-corrected chi connectivity index (χ4v) is 3.83. The summed E-state index contributed by atoms with van der Waals surface area (Å²) in [6.45, 7) is 4.36. The van der Waals surface area contributed by atoms with Gasteiger partial charge in [-0.2, -0.15) is 0 Å². The van der Waals surface area contributed by atoms with Crippen LogP contribution in [0.25, 0.3) is 0 Å². The van der Waals surface area contributed by atoms with Crippen LogP contribution in [-0.2, 0) is 16.3 Å². The van der Waals surface area contributed by atoms with Gasteiger partial charge in [0.15, 0.2) is 9.84 Å². The Balaban J connectivity index is 2.47. The van der Waals surface area contributed by atoms with Crippen LogP contribution in [0.15, 0.2) is 29.2 Å². The van der Waals surface area contributed by atoms with Gasteiger partial charge in [0.25, 0.3) is 0 Å². The molecule has 0 N–H and O–H groups in total. The van der Waals surface area contributed by atoms with Crippen LogP contribution in [-0.4, -0.2) is 14.2 Å². The van der Waals surface area contributed by atoms with Crippen molar-refractivity contribution in [1.82, 2.24) is 0 Å². The number of hydrogen-bond donors (Lipinski definition) is 0. The molecule has 120 valence electrons. The Kier molecular flexibility index (Phi) is 8.67. The van der Waals surface area contributed by atoms with E-state index in [9.17, 15) is 8.42 Å². The van der Waals surface area contributed by atoms with Gasteiger partial charge in [-0.15, -0.1) is 0 Å². The van der Waals surface area contributed by atoms with E-state index >= 15 is 0 Å². The van der Waals surface area contributed by atoms with E-state index in [2.05, 4.69) is 13.8 Å². The first-order valence-electron chi connectivity index (χ1n) is 8.42. The molecular formula is C18H30O2S. The number of sulfone groups is 1. The predicted molar refractivity (Wildman–Crippen MR) is 90.5 cm³/mol. The molecule has 0 bridgehead atoms. The van der Waals surface area contributed by atoms with Gasteiger partial charge in [-0.1, -0.05) is 64.5 Å². The van der Waals surface area contributed by atoms with E-state index in [0.717, 1.165) is 25.7 Å². The summed E-state index contributed by atoms with van der Waals surface area (Å²) in [7, 11) is -3.09. The Hall–Kier alpha value is -0.830. The van der Waals surface area contributed by atoms with Crippen molar-refractivity contribution in [3.63, 3.8) is 0 Å². The second-order valence-electron chi connectivity index (χ2n) is 5.83. The first kappa shape index (κ1) is 18.2. The Morgan fingerprint density at radius 3 is 1.95 bits per heavy atom. The molecule has 21 heavy (non-hydrogen) atoms. The highest BCUT2D eigenvalue weighted by Crippen LogP contribution is 2.16. The molecule has 0 amide bonds. The molecule has 1 rings (SSSR count). The van der Waals surface area contributed by atoms with Gasteiger partial charge < -0.3 is 0 Å². The molecule has 0 saturated carbocycles. The number of unbranched alkanes of at least 4 members (excludes halogenated alkanes) is 6. The topological polar surface area (TPSA) is 34.1 Å². The fraction of sp³-hybridized carbons (Fsp3) is 0.667. The molecule has 0 atom stereocenters. The van der Waals surface area contributed by atoms with Crippen LogP contribution in [0, 0.1) is 0 Å². The van der Waals surface area contributed by atoms with Crippen molar-refractivity contribution < 1.29 is 8.42 Å². The zero-order chi connectivity index (χ0) is 15.6. The lowest BCUT2D eigenvalue weighted by Gasteiger charge is -2.06. The van der Waals surface area contributed by atoms with E-state index in [0.29, 0.717) is 4.90 Å². The number of aryl methyl sites for hydroxylation is 1. The minimum Gasteiger partial charge on any atom is -0.224 e. The third-order valence-corrected chi connectivity index (χ3v) is 5.68. The normalized spacial score (nSPS) is 11.7. The van der Waals surface area contributed by atoms with E-state index in [1.165, 1.54) is 37.7 Å². The van der Waals surface area contributed by atoms with Gasteiger partial charge in [0, 0.05) is 0 Å². The minimum absolute atomic E-state index is 0.284. The predicted octanol–water partition coefficient (Wildman–Crippen LogP) is 5.16. The molecule has 0 aliphatic rings. The molecule has 0 saturated heterocycles. The Labute approximate surface area is 130 Å². The first-order valence-corrected chi connectivity index (χ1v) is 10.1. The average molecular weight is 311 g/mol. The zero-order valence-corrected chi connectivity index (χ0v) is 14.4. The summed E-state index contributed by atoms with van der Waals surface area (Å²) >= 11 is 0. The number of benzene rings is 1. The average Bonchev–Trinajstić information content (AvgIpc) is 2.48. The molecule has 0 unspecified atom stereocenters. The maximum atomic E-state index is 12.2. The van der Waals surface area contributed by atoms with Crippen LogP contribution in [0.4, 0.5) is 0 Å². The highest BCUT2D eigenvalue weighted by Gasteiger charge is 2.13. The molecule has 0 radical (unpaired) electrons. The van der Waals surface area contributed by atoms with Crippen LogP contribution in [0.3, 0.4) is 0 Å². The van der Waals surface area contributed by atoms with Crippen molar-refractivity contribution in [2.24, 2.45) is 0 Å². The van der Waals surface area contributed by atoms with Gasteiger partial charge >= 0.3 is 0 Å². The highest BCUT2D eigenvalue weighted by molar-refractivity contribution is 7.91. The van der Waals surface area contributed by atoms with E-state index in [1.54, 1.807) is 12.1 Å². The van der Waals surface area contributed by atoms with Gasteiger partial charge in [0.05, 0.1) is 10.6 Å². The smallest absolute Gasteiger partial charge is 0.178 e. The van der Waals surface area contributed by atoms with Gasteiger partial charge in [-0.05, 0) is 37.0 Å². The maximum Gasteiger partial charge on any atom is 0.178 e. The molecule has 2 nitrogen and oxygen atoms in total. The third kappa shape index (κ3) is 7.12. The summed E-state index contributed by atoms with van der Waals surface area (Å²) in [5.41, 5.74) is 1.24. The van der Waals surface area contributed by atoms with Crippen LogP contribution < -0.4 is 0 Å². The summed E-state index contributed by atoms with van der Waals surface area (Å²) in [6, 6.07) is 7.50. The maximum absolute atomic E-state index is 12.2. The monoisotopic (exact) mass is 310 g/mol. The summed E-state index contributed by atoms with van der Waals surface area (Å²) in [5, 5.41) is 0. The molecule has 0 heterocycles. The third-order valence-electron chi connectivity index (χ3n) is 3.87. The molecule has 0 aliphatic heterocycles. The SMILES string of the molecule is CCCCCCCS(=O)(=O)c1ccc(CCCCC)cc1. The molecule has 1 aromatic rings. The van der Waals surface area contributed by atoms with Crippen molar-refractivity contribution in [3.8, 4) is 0 Å². The number of hydrogen-bond acceptors (Lipinski definition) is 2. The van der Waals surface area contributed by atoms with Crippen LogP contribution in [0.5, 0.6) is 0 Å². The molecule has 0 aromatic heterocycles. The molecule has 0 spiro atoms. The van der Waals surface area contributed by atoms with E-state index in [4.69, 9.17) is 0 Å². The molecule has 0 aliphatic carbocycles. The lowest BCUT2D eigenvalue weighted by Crippen LogP contribution is -2.07. The summed E-state index contributed by atoms with van der Waals surface area (Å²) in [6.07, 6.45) is 10.00. The van der Waals surface area contributed by atoms with Crippen LogP contribution in [0.2, 0.25) is 0 Å². The van der Waals surface area contributed by atoms with E-state index in [-0.39, 0.29) is 5.75 Å². The van der Waals surface area contributed by atoms with Gasteiger partial charge in [0.2, 0.25) is 0 Å². The molecule has 1 aromatic carbocycles. The molecule has 3 heteroatoms. The van der Waals surface area contributed by atoms with Gasteiger partial charge in [0.1, 0.15) is 0 Å². The second-order valence-corrected chi connectivity index (χ2v) is 7.94. The fourth-order valence-electron chi connectivity index (χ4n) is 2.46. The van der Waals surface area contributed by atoms with E-state index < -0.39 is 9.84 Å². The second kappa shape index (κ2) is 9.99. The van der Waals surface area contributed by atoms with Crippen molar-refractivity contribution in [2.75, 3.05) is 5.75 Å². The lowest BCUT2D eigenvalue weighted by molar-refractivity contribution is 0.586. The van der Waals surface area contributed by atoms with E-state index in [1.807, 2.05) is 12.1 Å². The Morgan fingerprint density at radius 2 is 1.33 bits per heavy atom. The van der Waals surface area contributed by atoms with Gasteiger partial charge in [-0.25, -0.2) is 8.42 Å². The Morgan fingerprint density at radius 1 is 0.762 bits per heavy atom. The summed E-state index contributed by atoms with van der Waals surface area (Å²) in [5.74, 6) is 0.284. The standard InChI is InChI=1S/C18H30O2S/c1-3-5-7-8-10-16-21(19,20)18-14-12-17(13-15-18)11-9-6-4-2/h12-15H,3-11,16H2,1-2H3. The minimum atomic E-state index is -3.09. The first-order chi connectivity index (χ1) is 10.1. The van der Waals surface area contributed by atoms with Crippen molar-refractivity contribution in [3.05, 3.63) is 29.8 Å². The summed E-state index contributed by atoms with van der Waals surface area (Å²) < 4.78 is 24.5. The van der Waals surface area contributed by atoms with Crippen LogP contribution >= 0.6 is 0 Å². The van der Waals surface area contributed by atoms with Crippen LogP contribution in [0.1, 0.15) is 70.8 Å². The molecular weight excluding hydrogens is 280 g/mol. The van der Waals surface area contributed by atoms with Gasteiger partial charge in [-0.3, -0.25) is 0 Å². The summed E-state index contributed by atoms with van der Waals surface area (Å²) in [4.78, 5) is 0.484. The highest BCUT2D eigenvalue weighted by atomic mass is 32.2. The van der Waals surface area contributed by atoms with Crippen molar-refractivity contribution in [1.29, 1.82) is 0 Å². The Bertz CT molecular complexity index is 474. The largest absolute Gasteiger partial charge is 0.224 e. The molecule has 0 fully saturated rings. The quantitative estimate of drug-likeness (QED) is 0.529. The van der Waals surface area contributed by atoms with Crippen molar-refractivity contribution in [2.45, 2.75) is 76.5 Å². The number of rotatable bonds is 11. The lowest BCUT2D eigenvalue weighted by atomic mass is 10.1. The van der Waals surface area contributed by atoms with Crippen molar-refractivity contribution >= 4 is 9.84 Å².